The van der Waals surface area contributed by atoms with Gasteiger partial charge in [0.1, 0.15) is 0 Å². The highest BCUT2D eigenvalue weighted by molar-refractivity contribution is 7.16. The van der Waals surface area contributed by atoms with Gasteiger partial charge in [-0.2, -0.15) is 0 Å². The van der Waals surface area contributed by atoms with Crippen LogP contribution in [0.4, 0.5) is 0 Å². The second kappa shape index (κ2) is 10.7. The maximum atomic E-state index is 2.94. The molecule has 25 heavy (non-hydrogen) atoms. The van der Waals surface area contributed by atoms with Crippen molar-refractivity contribution in [2.24, 2.45) is 23.2 Å². The average molecular weight is 365 g/mol. The standard InChI is InChI=1S/C24H45P/c25-20-12-4-11-19-24(21-13-5-1-6-14-21,22-15-7-2-8-16-22)23-17-9-3-10-18-23/h21-23H,1-20,25H2. The summed E-state index contributed by atoms with van der Waals surface area (Å²) in [6.07, 6.45) is 30.6. The van der Waals surface area contributed by atoms with E-state index >= 15 is 0 Å². The van der Waals surface area contributed by atoms with E-state index in [1.807, 2.05) is 0 Å². The van der Waals surface area contributed by atoms with Crippen LogP contribution in [-0.4, -0.2) is 6.16 Å². The van der Waals surface area contributed by atoms with Gasteiger partial charge in [-0.25, -0.2) is 0 Å². The smallest absolute Gasteiger partial charge is 0.0213 e. The van der Waals surface area contributed by atoms with Crippen LogP contribution in [0, 0.1) is 23.2 Å². The topological polar surface area (TPSA) is 0 Å². The van der Waals surface area contributed by atoms with Crippen molar-refractivity contribution in [2.45, 2.75) is 122 Å². The molecule has 3 saturated carbocycles. The van der Waals surface area contributed by atoms with Crippen molar-refractivity contribution < 1.29 is 0 Å². The summed E-state index contributed by atoms with van der Waals surface area (Å²) in [4.78, 5) is 0. The Balaban J connectivity index is 1.82. The Morgan fingerprint density at radius 3 is 1.28 bits per heavy atom. The highest BCUT2D eigenvalue weighted by Gasteiger charge is 2.49. The Kier molecular flexibility index (Phi) is 8.62. The van der Waals surface area contributed by atoms with Crippen molar-refractivity contribution in [2.75, 3.05) is 6.16 Å². The molecular formula is C24H45P. The van der Waals surface area contributed by atoms with Gasteiger partial charge in [-0.15, -0.1) is 9.24 Å². The molecule has 0 aromatic carbocycles. The Bertz CT molecular complexity index is 300. The fraction of sp³-hybridized carbons (Fsp3) is 1.00. The molecule has 0 spiro atoms. The zero-order valence-corrected chi connectivity index (χ0v) is 18.1. The number of rotatable bonds is 8. The highest BCUT2D eigenvalue weighted by atomic mass is 31.0. The lowest BCUT2D eigenvalue weighted by Gasteiger charge is -2.55. The van der Waals surface area contributed by atoms with E-state index in [9.17, 15) is 0 Å². The summed E-state index contributed by atoms with van der Waals surface area (Å²) < 4.78 is 0. The monoisotopic (exact) mass is 364 g/mol. The zero-order valence-electron chi connectivity index (χ0n) is 17.0. The Morgan fingerprint density at radius 2 is 0.920 bits per heavy atom. The fourth-order valence-corrected chi connectivity index (χ4v) is 7.57. The minimum Gasteiger partial charge on any atom is -0.138 e. The largest absolute Gasteiger partial charge is 0.138 e. The van der Waals surface area contributed by atoms with Crippen molar-refractivity contribution in [3.8, 4) is 0 Å². The molecule has 3 rings (SSSR count). The molecule has 0 amide bonds. The van der Waals surface area contributed by atoms with Gasteiger partial charge in [-0.05, 0) is 80.7 Å². The van der Waals surface area contributed by atoms with E-state index in [4.69, 9.17) is 0 Å². The molecule has 0 aliphatic heterocycles. The molecule has 0 nitrogen and oxygen atoms in total. The van der Waals surface area contributed by atoms with Crippen LogP contribution < -0.4 is 0 Å². The molecule has 0 bridgehead atoms. The second-order valence-corrected chi connectivity index (χ2v) is 10.3. The number of hydrogen-bond acceptors (Lipinski definition) is 0. The number of unbranched alkanes of at least 4 members (excludes halogenated alkanes) is 2. The lowest BCUT2D eigenvalue weighted by Crippen LogP contribution is -2.47. The summed E-state index contributed by atoms with van der Waals surface area (Å²) in [5, 5.41) is 0. The molecular weight excluding hydrogens is 319 g/mol. The first-order chi connectivity index (χ1) is 12.4. The lowest BCUT2D eigenvalue weighted by molar-refractivity contribution is -0.0570. The van der Waals surface area contributed by atoms with Crippen molar-refractivity contribution in [1.29, 1.82) is 0 Å². The average Bonchev–Trinajstić information content (AvgIpc) is 2.70. The summed E-state index contributed by atoms with van der Waals surface area (Å²) >= 11 is 0. The first-order valence-corrected chi connectivity index (χ1v) is 12.9. The quantitative estimate of drug-likeness (QED) is 0.301. The second-order valence-electron chi connectivity index (χ2n) is 9.72. The molecule has 0 aromatic heterocycles. The summed E-state index contributed by atoms with van der Waals surface area (Å²) in [6.45, 7) is 0. The van der Waals surface area contributed by atoms with Gasteiger partial charge in [0.05, 0.1) is 0 Å². The van der Waals surface area contributed by atoms with E-state index in [2.05, 4.69) is 9.24 Å². The Labute approximate surface area is 160 Å². The maximum Gasteiger partial charge on any atom is -0.0213 e. The first kappa shape index (κ1) is 20.2. The number of hydrogen-bond donors (Lipinski definition) is 0. The summed E-state index contributed by atoms with van der Waals surface area (Å²) in [5.41, 5.74) is 0.752. The molecule has 3 aliphatic rings. The van der Waals surface area contributed by atoms with Crippen LogP contribution in [0.25, 0.3) is 0 Å². The molecule has 1 unspecified atom stereocenters. The predicted molar refractivity (Wildman–Crippen MR) is 115 cm³/mol. The third-order valence-corrected chi connectivity index (χ3v) is 8.82. The van der Waals surface area contributed by atoms with E-state index in [0.717, 1.165) is 23.2 Å². The molecule has 1 atom stereocenters. The first-order valence-electron chi connectivity index (χ1n) is 12.1. The SMILES string of the molecule is PCCCCCC(C1CCCCC1)(C1CCCCC1)C1CCCCC1. The summed E-state index contributed by atoms with van der Waals surface area (Å²) in [6, 6.07) is 0. The minimum atomic E-state index is 0.752. The third kappa shape index (κ3) is 5.03. The Morgan fingerprint density at radius 1 is 0.520 bits per heavy atom. The molecule has 0 saturated heterocycles. The lowest BCUT2D eigenvalue weighted by atomic mass is 9.50. The van der Waals surface area contributed by atoms with Gasteiger partial charge in [0.2, 0.25) is 0 Å². The van der Waals surface area contributed by atoms with Gasteiger partial charge in [0.15, 0.2) is 0 Å². The molecule has 3 aliphatic carbocycles. The fourth-order valence-electron chi connectivity index (χ4n) is 7.28. The Hall–Kier alpha value is 0.430. The predicted octanol–water partition coefficient (Wildman–Crippen LogP) is 8.15. The van der Waals surface area contributed by atoms with Gasteiger partial charge < -0.3 is 0 Å². The van der Waals surface area contributed by atoms with Crippen LogP contribution >= 0.6 is 9.24 Å². The van der Waals surface area contributed by atoms with E-state index in [1.54, 1.807) is 44.9 Å². The van der Waals surface area contributed by atoms with Gasteiger partial charge >= 0.3 is 0 Å². The summed E-state index contributed by atoms with van der Waals surface area (Å²) in [7, 11) is 2.94. The molecule has 0 radical (unpaired) electrons. The van der Waals surface area contributed by atoms with Crippen molar-refractivity contribution in [3.05, 3.63) is 0 Å². The molecule has 3 fully saturated rings. The molecule has 0 heterocycles. The van der Waals surface area contributed by atoms with E-state index in [-0.39, 0.29) is 0 Å². The molecule has 146 valence electrons. The minimum absolute atomic E-state index is 0.752. The van der Waals surface area contributed by atoms with Crippen LogP contribution in [0.2, 0.25) is 0 Å². The van der Waals surface area contributed by atoms with Crippen LogP contribution in [0.5, 0.6) is 0 Å². The van der Waals surface area contributed by atoms with Crippen LogP contribution in [-0.2, 0) is 0 Å². The summed E-state index contributed by atoms with van der Waals surface area (Å²) in [5.74, 6) is 3.26. The van der Waals surface area contributed by atoms with Crippen LogP contribution in [0.1, 0.15) is 122 Å². The van der Waals surface area contributed by atoms with Crippen molar-refractivity contribution in [3.63, 3.8) is 0 Å². The maximum absolute atomic E-state index is 2.94. The van der Waals surface area contributed by atoms with Crippen molar-refractivity contribution in [1.82, 2.24) is 0 Å². The highest BCUT2D eigenvalue weighted by Crippen LogP contribution is 2.59. The molecule has 1 heteroatoms. The van der Waals surface area contributed by atoms with Gasteiger partial charge in [-0.1, -0.05) is 70.6 Å². The molecule has 0 aromatic rings. The third-order valence-electron chi connectivity index (χ3n) is 8.41. The van der Waals surface area contributed by atoms with Crippen LogP contribution in [0.3, 0.4) is 0 Å². The van der Waals surface area contributed by atoms with Gasteiger partial charge in [0.25, 0.3) is 0 Å². The van der Waals surface area contributed by atoms with E-state index in [0.29, 0.717) is 0 Å². The normalized spacial score (nSPS) is 25.3. The molecule has 0 N–H and O–H groups in total. The zero-order chi connectivity index (χ0) is 17.4. The van der Waals surface area contributed by atoms with Crippen molar-refractivity contribution >= 4 is 9.24 Å². The van der Waals surface area contributed by atoms with E-state index < -0.39 is 0 Å². The van der Waals surface area contributed by atoms with E-state index in [1.165, 1.54) is 83.2 Å². The van der Waals surface area contributed by atoms with Crippen LogP contribution in [0.15, 0.2) is 0 Å². The van der Waals surface area contributed by atoms with Gasteiger partial charge in [0, 0.05) is 0 Å². The van der Waals surface area contributed by atoms with Gasteiger partial charge in [-0.3, -0.25) is 0 Å².